The summed E-state index contributed by atoms with van der Waals surface area (Å²) in [6.07, 6.45) is -1.45. The number of carbonyl (C=O) groups excluding carboxylic acids is 4. The molecule has 2 rings (SSSR count). The Bertz CT molecular complexity index is 819. The molecule has 1 amide bonds. The molecule has 0 aromatic carbocycles. The van der Waals surface area contributed by atoms with Gasteiger partial charge in [-0.2, -0.15) is 0 Å². The molecule has 2 N–H and O–H groups in total. The van der Waals surface area contributed by atoms with Crippen LogP contribution in [0.2, 0.25) is 0 Å². The third-order valence-corrected chi connectivity index (χ3v) is 5.13. The first kappa shape index (κ1) is 26.3. The van der Waals surface area contributed by atoms with Gasteiger partial charge in [0.15, 0.2) is 18.0 Å². The first-order chi connectivity index (χ1) is 15.5. The molecule has 0 aromatic heterocycles. The number of nitrogens with one attached hydrogen (secondary N) is 1. The first-order valence-corrected chi connectivity index (χ1v) is 10.9. The van der Waals surface area contributed by atoms with Crippen LogP contribution in [0.3, 0.4) is 0 Å². The van der Waals surface area contributed by atoms with E-state index in [4.69, 9.17) is 24.2 Å². The van der Waals surface area contributed by atoms with Gasteiger partial charge in [0.1, 0.15) is 18.8 Å². The van der Waals surface area contributed by atoms with E-state index in [9.17, 15) is 19.2 Å². The van der Waals surface area contributed by atoms with Gasteiger partial charge < -0.3 is 29.5 Å². The lowest BCUT2D eigenvalue weighted by molar-refractivity contribution is -0.173. The quantitative estimate of drug-likeness (QED) is 0.232. The topological polar surface area (TPSA) is 150 Å². The summed E-state index contributed by atoms with van der Waals surface area (Å²) in [7, 11) is 0. The van der Waals surface area contributed by atoms with Crippen LogP contribution in [0.1, 0.15) is 41.5 Å². The highest BCUT2D eigenvalue weighted by Crippen LogP contribution is 2.34. The van der Waals surface area contributed by atoms with Crippen molar-refractivity contribution in [2.24, 2.45) is 28.8 Å². The molecule has 0 saturated carbocycles. The van der Waals surface area contributed by atoms with Gasteiger partial charge in [0, 0.05) is 0 Å². The van der Waals surface area contributed by atoms with E-state index in [2.05, 4.69) is 10.5 Å². The van der Waals surface area contributed by atoms with Gasteiger partial charge in [0.25, 0.3) is 0 Å². The van der Waals surface area contributed by atoms with Gasteiger partial charge in [-0.05, 0) is 6.08 Å². The monoisotopic (exact) mass is 468 g/mol. The number of hydrogen-bond donors (Lipinski definition) is 2. The minimum absolute atomic E-state index is 0.0600. The van der Waals surface area contributed by atoms with E-state index in [0.29, 0.717) is 0 Å². The lowest BCUT2D eigenvalue weighted by atomic mass is 9.92. The Labute approximate surface area is 192 Å². The van der Waals surface area contributed by atoms with Crippen LogP contribution in [0.25, 0.3) is 0 Å². The highest BCUT2D eigenvalue weighted by Gasteiger charge is 2.54. The smallest absolute Gasteiger partial charge is 0.308 e. The molecule has 1 unspecified atom stereocenters. The fourth-order valence-electron chi connectivity index (χ4n) is 3.18. The molecule has 0 bridgehead atoms. The van der Waals surface area contributed by atoms with Crippen LogP contribution in [0.15, 0.2) is 17.3 Å². The molecule has 0 spiro atoms. The fraction of sp³-hybridized carbons (Fsp3) is 0.682. The molecule has 5 atom stereocenters. The molecular formula is C22H32N2O9. The maximum atomic E-state index is 12.6. The predicted octanol–water partition coefficient (Wildman–Crippen LogP) is 1.18. The summed E-state index contributed by atoms with van der Waals surface area (Å²) >= 11 is 0. The number of rotatable bonds is 8. The summed E-state index contributed by atoms with van der Waals surface area (Å²) in [4.78, 5) is 49.5. The second kappa shape index (κ2) is 11.3. The molecule has 33 heavy (non-hydrogen) atoms. The van der Waals surface area contributed by atoms with E-state index in [-0.39, 0.29) is 12.4 Å². The third-order valence-electron chi connectivity index (χ3n) is 5.13. The molecule has 11 nitrogen and oxygen atoms in total. The molecule has 0 aromatic rings. The first-order valence-electron chi connectivity index (χ1n) is 10.9. The van der Waals surface area contributed by atoms with E-state index < -0.39 is 71.9 Å². The Hall–Kier alpha value is -2.95. The molecule has 1 fully saturated rings. The maximum absolute atomic E-state index is 12.6. The van der Waals surface area contributed by atoms with E-state index in [1.165, 1.54) is 12.2 Å². The summed E-state index contributed by atoms with van der Waals surface area (Å²) in [5.74, 6) is -4.55. The third kappa shape index (κ3) is 6.53. The Morgan fingerprint density at radius 1 is 1.00 bits per heavy atom. The number of hydrogen-bond acceptors (Lipinski definition) is 10. The summed E-state index contributed by atoms with van der Waals surface area (Å²) in [5.41, 5.74) is 0. The minimum atomic E-state index is -1.14. The number of carbonyl (C=O) groups is 4. The average Bonchev–Trinajstić information content (AvgIpc) is 3.08. The summed E-state index contributed by atoms with van der Waals surface area (Å²) in [6, 6.07) is 0. The number of ether oxygens (including phenoxy) is 4. The zero-order chi connectivity index (χ0) is 24.9. The molecule has 2 aliphatic rings. The molecule has 0 aliphatic carbocycles. The van der Waals surface area contributed by atoms with Crippen LogP contribution in [0, 0.1) is 23.7 Å². The molecule has 2 aliphatic heterocycles. The molecule has 0 radical (unpaired) electrons. The zero-order valence-electron chi connectivity index (χ0n) is 19.6. The van der Waals surface area contributed by atoms with Crippen molar-refractivity contribution in [1.29, 1.82) is 0 Å². The second-order valence-corrected chi connectivity index (χ2v) is 8.90. The summed E-state index contributed by atoms with van der Waals surface area (Å²) < 4.78 is 22.6. The number of amides is 1. The standard InChI is InChI=1S/C22H32N2O9/c1-10(2)20(26)30-9-14-17(32-21(27)11(3)4)18(33-22(28)12(5)6)16(31-14)13-7-8-15(24-29)23-19(13)25/h7-8,10-14,16-18,29H,9H2,1-6H3,(H,23,24,25)/t13?,14-,16+,17-,18+/m1/s1. The molecule has 1 saturated heterocycles. The minimum Gasteiger partial charge on any atom is -0.463 e. The highest BCUT2D eigenvalue weighted by atomic mass is 16.7. The summed E-state index contributed by atoms with van der Waals surface area (Å²) in [6.45, 7) is 9.64. The van der Waals surface area contributed by atoms with Gasteiger partial charge in [0.05, 0.1) is 23.7 Å². The van der Waals surface area contributed by atoms with Crippen molar-refractivity contribution in [3.8, 4) is 0 Å². The van der Waals surface area contributed by atoms with Gasteiger partial charge in [-0.25, -0.2) is 0 Å². The summed E-state index contributed by atoms with van der Waals surface area (Å²) in [5, 5.41) is 14.3. The van der Waals surface area contributed by atoms with E-state index in [0.717, 1.165) is 0 Å². The number of nitrogens with zero attached hydrogens (tertiary/aromatic N) is 1. The molecule has 2 heterocycles. The maximum Gasteiger partial charge on any atom is 0.308 e. The van der Waals surface area contributed by atoms with Crippen molar-refractivity contribution in [2.45, 2.75) is 66.0 Å². The average molecular weight is 469 g/mol. The van der Waals surface area contributed by atoms with Crippen LogP contribution in [0.5, 0.6) is 0 Å². The van der Waals surface area contributed by atoms with E-state index in [1.54, 1.807) is 41.5 Å². The zero-order valence-corrected chi connectivity index (χ0v) is 19.6. The Balaban J connectivity index is 2.40. The predicted molar refractivity (Wildman–Crippen MR) is 114 cm³/mol. The van der Waals surface area contributed by atoms with Gasteiger partial charge in [0.2, 0.25) is 5.91 Å². The number of esters is 3. The van der Waals surface area contributed by atoms with Crippen molar-refractivity contribution >= 4 is 29.7 Å². The van der Waals surface area contributed by atoms with Crippen molar-refractivity contribution in [2.75, 3.05) is 6.61 Å². The fourth-order valence-corrected chi connectivity index (χ4v) is 3.18. The highest BCUT2D eigenvalue weighted by molar-refractivity contribution is 6.08. The normalized spacial score (nSPS) is 28.3. The number of amidine groups is 1. The Morgan fingerprint density at radius 3 is 2.03 bits per heavy atom. The number of oxime groups is 1. The van der Waals surface area contributed by atoms with E-state index >= 15 is 0 Å². The van der Waals surface area contributed by atoms with Gasteiger partial charge >= 0.3 is 17.9 Å². The lowest BCUT2D eigenvalue weighted by Crippen LogP contribution is -2.49. The largest absolute Gasteiger partial charge is 0.463 e. The van der Waals surface area contributed by atoms with Gasteiger partial charge in [-0.1, -0.05) is 52.8 Å². The second-order valence-electron chi connectivity index (χ2n) is 8.90. The lowest BCUT2D eigenvalue weighted by Gasteiger charge is -2.29. The van der Waals surface area contributed by atoms with E-state index in [1.807, 2.05) is 0 Å². The van der Waals surface area contributed by atoms with Crippen molar-refractivity contribution in [1.82, 2.24) is 5.32 Å². The van der Waals surface area contributed by atoms with Crippen molar-refractivity contribution < 1.29 is 43.3 Å². The van der Waals surface area contributed by atoms with Crippen molar-refractivity contribution in [3.05, 3.63) is 12.2 Å². The Kier molecular flexibility index (Phi) is 8.98. The van der Waals surface area contributed by atoms with Crippen molar-refractivity contribution in [3.63, 3.8) is 0 Å². The van der Waals surface area contributed by atoms with Gasteiger partial charge in [-0.15, -0.1) is 0 Å². The van der Waals surface area contributed by atoms with Crippen LogP contribution in [-0.4, -0.2) is 65.9 Å². The van der Waals surface area contributed by atoms with Gasteiger partial charge in [-0.3, -0.25) is 19.2 Å². The van der Waals surface area contributed by atoms with Crippen LogP contribution >= 0.6 is 0 Å². The van der Waals surface area contributed by atoms with Crippen LogP contribution in [0.4, 0.5) is 0 Å². The molecular weight excluding hydrogens is 436 g/mol. The Morgan fingerprint density at radius 2 is 1.55 bits per heavy atom. The molecule has 184 valence electrons. The SMILES string of the molecule is CC(C)C(=O)OC[C@H]1O[C@@H](C2C=CC(=NO)NC2=O)[C@H](OC(=O)C(C)C)[C@@H]1OC(=O)C(C)C. The molecule has 11 heteroatoms. The van der Waals surface area contributed by atoms with Crippen LogP contribution in [-0.2, 0) is 38.1 Å². The van der Waals surface area contributed by atoms with Crippen LogP contribution < -0.4 is 5.32 Å².